The van der Waals surface area contributed by atoms with Crippen LogP contribution < -0.4 is 0 Å². The van der Waals surface area contributed by atoms with Crippen molar-refractivity contribution in [2.75, 3.05) is 13.7 Å². The average Bonchev–Trinajstić information content (AvgIpc) is 2.84. The van der Waals surface area contributed by atoms with Gasteiger partial charge in [-0.05, 0) is 38.1 Å². The summed E-state index contributed by atoms with van der Waals surface area (Å²) in [7, 11) is 1.45. The molecule has 2 aliphatic rings. The van der Waals surface area contributed by atoms with E-state index in [0.717, 1.165) is 32.2 Å². The molecule has 1 saturated heterocycles. The van der Waals surface area contributed by atoms with E-state index >= 15 is 0 Å². The highest BCUT2D eigenvalue weighted by atomic mass is 16.5. The van der Waals surface area contributed by atoms with E-state index < -0.39 is 0 Å². The van der Waals surface area contributed by atoms with Crippen molar-refractivity contribution in [3.63, 3.8) is 0 Å². The third-order valence-electron chi connectivity index (χ3n) is 4.68. The Bertz CT molecular complexity index is 342. The number of ether oxygens (including phenoxy) is 1. The Kier molecular flexibility index (Phi) is 4.97. The van der Waals surface area contributed by atoms with E-state index in [2.05, 4.69) is 11.8 Å². The lowest BCUT2D eigenvalue weighted by Gasteiger charge is -2.39. The van der Waals surface area contributed by atoms with E-state index in [1.165, 1.54) is 20.0 Å². The minimum Gasteiger partial charge on any atom is -0.469 e. The molecule has 0 aromatic carbocycles. The third-order valence-corrected chi connectivity index (χ3v) is 4.68. The normalized spacial score (nSPS) is 32.5. The fourth-order valence-corrected chi connectivity index (χ4v) is 3.67. The second-order valence-electron chi connectivity index (χ2n) is 5.97. The number of carbonyl (C=O) groups excluding carboxylic acids is 2. The Morgan fingerprint density at radius 1 is 1.42 bits per heavy atom. The van der Waals surface area contributed by atoms with Gasteiger partial charge in [-0.1, -0.05) is 6.92 Å². The van der Waals surface area contributed by atoms with Crippen LogP contribution in [0.5, 0.6) is 0 Å². The zero-order valence-corrected chi connectivity index (χ0v) is 12.1. The van der Waals surface area contributed by atoms with Gasteiger partial charge in [-0.15, -0.1) is 0 Å². The molecule has 1 aliphatic heterocycles. The second-order valence-corrected chi connectivity index (χ2v) is 5.97. The molecule has 3 atom stereocenters. The lowest BCUT2D eigenvalue weighted by Crippen LogP contribution is -2.45. The van der Waals surface area contributed by atoms with Crippen molar-refractivity contribution in [2.24, 2.45) is 5.92 Å². The summed E-state index contributed by atoms with van der Waals surface area (Å²) in [5, 5.41) is 0. The molecule has 0 amide bonds. The van der Waals surface area contributed by atoms with Crippen LogP contribution in [0, 0.1) is 5.92 Å². The van der Waals surface area contributed by atoms with Crippen molar-refractivity contribution in [3.8, 4) is 0 Å². The zero-order valence-electron chi connectivity index (χ0n) is 12.1. The average molecular weight is 267 g/mol. The number of methoxy groups -OCH3 is 1. The maximum absolute atomic E-state index is 11.5. The third kappa shape index (κ3) is 3.56. The molecule has 1 saturated carbocycles. The van der Waals surface area contributed by atoms with Crippen LogP contribution in [-0.2, 0) is 14.3 Å². The van der Waals surface area contributed by atoms with Gasteiger partial charge >= 0.3 is 5.97 Å². The van der Waals surface area contributed by atoms with Crippen molar-refractivity contribution < 1.29 is 14.3 Å². The topological polar surface area (TPSA) is 46.6 Å². The number of carbonyl (C=O) groups is 2. The number of Topliss-reactive ketones (excluding diaryl/α,β-unsaturated/α-hetero) is 1. The van der Waals surface area contributed by atoms with E-state index in [4.69, 9.17) is 4.74 Å². The standard InChI is InChI=1S/C15H25NO3/c1-11-10-13(17)6-7-14(11)16-9-3-4-12(16)5-8-15(18)19-2/h11-12,14H,3-10H2,1-2H3/t11?,12-,14?/m0/s1. The minimum atomic E-state index is -0.112. The first kappa shape index (κ1) is 14.5. The molecule has 0 radical (unpaired) electrons. The van der Waals surface area contributed by atoms with Gasteiger partial charge in [-0.3, -0.25) is 14.5 Å². The number of esters is 1. The van der Waals surface area contributed by atoms with Gasteiger partial charge in [-0.25, -0.2) is 0 Å². The molecular weight excluding hydrogens is 242 g/mol. The van der Waals surface area contributed by atoms with E-state index in [1.807, 2.05) is 0 Å². The second kappa shape index (κ2) is 6.51. The number of likely N-dealkylation sites (tertiary alicyclic amines) is 1. The summed E-state index contributed by atoms with van der Waals surface area (Å²) in [6.07, 6.45) is 6.24. The number of nitrogens with zero attached hydrogens (tertiary/aromatic N) is 1. The van der Waals surface area contributed by atoms with Crippen molar-refractivity contribution in [1.82, 2.24) is 4.90 Å². The summed E-state index contributed by atoms with van der Waals surface area (Å²) >= 11 is 0. The van der Waals surface area contributed by atoms with E-state index in [-0.39, 0.29) is 5.97 Å². The molecule has 0 N–H and O–H groups in total. The molecule has 2 unspecified atom stereocenters. The van der Waals surface area contributed by atoms with Crippen molar-refractivity contribution in [2.45, 2.75) is 64.0 Å². The molecule has 19 heavy (non-hydrogen) atoms. The van der Waals surface area contributed by atoms with Crippen LogP contribution in [0.2, 0.25) is 0 Å². The highest BCUT2D eigenvalue weighted by molar-refractivity contribution is 5.79. The van der Waals surface area contributed by atoms with Gasteiger partial charge in [0.2, 0.25) is 0 Å². The van der Waals surface area contributed by atoms with E-state index in [9.17, 15) is 9.59 Å². The van der Waals surface area contributed by atoms with Crippen LogP contribution in [0.4, 0.5) is 0 Å². The molecule has 1 aliphatic carbocycles. The van der Waals surface area contributed by atoms with Gasteiger partial charge in [0.1, 0.15) is 5.78 Å². The summed E-state index contributed by atoms with van der Waals surface area (Å²) in [6, 6.07) is 1.03. The van der Waals surface area contributed by atoms with E-state index in [0.29, 0.717) is 30.2 Å². The maximum atomic E-state index is 11.5. The van der Waals surface area contributed by atoms with Crippen LogP contribution in [0.1, 0.15) is 51.9 Å². The fraction of sp³-hybridized carbons (Fsp3) is 0.867. The Morgan fingerprint density at radius 2 is 2.21 bits per heavy atom. The first-order valence-corrected chi connectivity index (χ1v) is 7.46. The molecule has 0 aromatic rings. The molecule has 0 bridgehead atoms. The lowest BCUT2D eigenvalue weighted by atomic mass is 9.83. The summed E-state index contributed by atoms with van der Waals surface area (Å²) < 4.78 is 4.72. The van der Waals surface area contributed by atoms with Gasteiger partial charge in [0.25, 0.3) is 0 Å². The van der Waals surface area contributed by atoms with Gasteiger partial charge in [0, 0.05) is 31.3 Å². The minimum absolute atomic E-state index is 0.112. The van der Waals surface area contributed by atoms with E-state index in [1.54, 1.807) is 0 Å². The predicted octanol–water partition coefficient (Wildman–Crippen LogP) is 2.16. The van der Waals surface area contributed by atoms with Crippen molar-refractivity contribution in [1.29, 1.82) is 0 Å². The molecular formula is C15H25NO3. The van der Waals surface area contributed by atoms with Crippen LogP contribution in [-0.4, -0.2) is 42.4 Å². The number of hydrogen-bond donors (Lipinski definition) is 0. The monoisotopic (exact) mass is 267 g/mol. The van der Waals surface area contributed by atoms with Crippen LogP contribution in [0.25, 0.3) is 0 Å². The zero-order chi connectivity index (χ0) is 13.8. The molecule has 1 heterocycles. The highest BCUT2D eigenvalue weighted by Gasteiger charge is 2.36. The van der Waals surface area contributed by atoms with Gasteiger partial charge < -0.3 is 4.74 Å². The Labute approximate surface area is 115 Å². The Morgan fingerprint density at radius 3 is 2.89 bits per heavy atom. The van der Waals surface area contributed by atoms with Crippen LogP contribution in [0.15, 0.2) is 0 Å². The smallest absolute Gasteiger partial charge is 0.305 e. The van der Waals surface area contributed by atoms with Crippen LogP contribution in [0.3, 0.4) is 0 Å². The molecule has 2 rings (SSSR count). The highest BCUT2D eigenvalue weighted by Crippen LogP contribution is 2.33. The summed E-state index contributed by atoms with van der Waals surface area (Å²) in [5.41, 5.74) is 0. The molecule has 4 nitrogen and oxygen atoms in total. The first-order chi connectivity index (χ1) is 9.11. The molecule has 2 fully saturated rings. The Hall–Kier alpha value is -0.900. The fourth-order valence-electron chi connectivity index (χ4n) is 3.67. The maximum Gasteiger partial charge on any atom is 0.305 e. The molecule has 0 spiro atoms. The van der Waals surface area contributed by atoms with Crippen LogP contribution >= 0.6 is 0 Å². The molecule has 4 heteroatoms. The lowest BCUT2D eigenvalue weighted by molar-refractivity contribution is -0.141. The first-order valence-electron chi connectivity index (χ1n) is 7.46. The largest absolute Gasteiger partial charge is 0.469 e. The van der Waals surface area contributed by atoms with Crippen molar-refractivity contribution in [3.05, 3.63) is 0 Å². The van der Waals surface area contributed by atoms with Crippen molar-refractivity contribution >= 4 is 11.8 Å². The number of ketones is 1. The quantitative estimate of drug-likeness (QED) is 0.732. The summed E-state index contributed by atoms with van der Waals surface area (Å²) in [5.74, 6) is 0.757. The Balaban J connectivity index is 1.90. The summed E-state index contributed by atoms with van der Waals surface area (Å²) in [4.78, 5) is 25.3. The summed E-state index contributed by atoms with van der Waals surface area (Å²) in [6.45, 7) is 3.31. The van der Waals surface area contributed by atoms with Gasteiger partial charge in [0.15, 0.2) is 0 Å². The predicted molar refractivity (Wildman–Crippen MR) is 72.8 cm³/mol. The SMILES string of the molecule is COC(=O)CC[C@@H]1CCCN1C1CCC(=O)CC1C. The van der Waals surface area contributed by atoms with Gasteiger partial charge in [-0.2, -0.15) is 0 Å². The molecule has 0 aromatic heterocycles. The number of rotatable bonds is 4. The number of hydrogen-bond acceptors (Lipinski definition) is 4. The molecule has 108 valence electrons. The van der Waals surface area contributed by atoms with Gasteiger partial charge in [0.05, 0.1) is 7.11 Å².